The maximum atomic E-state index is 10.7. The third kappa shape index (κ3) is 3.36. The lowest BCUT2D eigenvalue weighted by Gasteiger charge is -2.31. The molecule has 2 unspecified atom stereocenters. The lowest BCUT2D eigenvalue weighted by molar-refractivity contribution is -0.402. The van der Waals surface area contributed by atoms with E-state index >= 15 is 0 Å². The van der Waals surface area contributed by atoms with Crippen LogP contribution in [0, 0.1) is 10.1 Å². The van der Waals surface area contributed by atoms with Gasteiger partial charge in [0, 0.05) is 19.7 Å². The van der Waals surface area contributed by atoms with Gasteiger partial charge in [-0.2, -0.15) is 0 Å². The van der Waals surface area contributed by atoms with Gasteiger partial charge in [0.1, 0.15) is 10.7 Å². The fraction of sp³-hybridized carbons (Fsp3) is 0.692. The monoisotopic (exact) mass is 283 g/mol. The van der Waals surface area contributed by atoms with Crippen LogP contribution in [0.2, 0.25) is 0 Å². The largest absolute Gasteiger partial charge is 0.433 e. The summed E-state index contributed by atoms with van der Waals surface area (Å²) in [5.74, 6) is 0.338. The Morgan fingerprint density at radius 2 is 2.35 bits per heavy atom. The molecule has 0 saturated carbocycles. The summed E-state index contributed by atoms with van der Waals surface area (Å²) in [7, 11) is 1.66. The number of hydrogen-bond acceptors (Lipinski definition) is 6. The summed E-state index contributed by atoms with van der Waals surface area (Å²) in [5, 5.41) is 10.7. The fourth-order valence-electron chi connectivity index (χ4n) is 2.71. The highest BCUT2D eigenvalue weighted by atomic mass is 16.6. The molecule has 1 saturated heterocycles. The predicted octanol–water partition coefficient (Wildman–Crippen LogP) is 1.69. The van der Waals surface area contributed by atoms with Crippen molar-refractivity contribution in [2.45, 2.75) is 31.3 Å². The van der Waals surface area contributed by atoms with Gasteiger partial charge < -0.3 is 14.9 Å². The zero-order chi connectivity index (χ0) is 14.5. The average molecular weight is 283 g/mol. The van der Waals surface area contributed by atoms with Gasteiger partial charge in [-0.1, -0.05) is 6.42 Å². The van der Waals surface area contributed by atoms with Crippen molar-refractivity contribution in [3.05, 3.63) is 28.0 Å². The van der Waals surface area contributed by atoms with Gasteiger partial charge in [0.15, 0.2) is 0 Å². The second-order valence-corrected chi connectivity index (χ2v) is 5.07. The lowest BCUT2D eigenvalue weighted by Crippen LogP contribution is -2.41. The molecule has 0 aliphatic carbocycles. The van der Waals surface area contributed by atoms with Crippen molar-refractivity contribution >= 4 is 5.88 Å². The zero-order valence-corrected chi connectivity index (χ0v) is 11.7. The number of likely N-dealkylation sites (tertiary alicyclic amines) is 1. The van der Waals surface area contributed by atoms with Gasteiger partial charge >= 0.3 is 5.88 Å². The molecule has 112 valence electrons. The molecule has 1 aromatic heterocycles. The topological polar surface area (TPSA) is 94.8 Å². The maximum absolute atomic E-state index is 10.7. The van der Waals surface area contributed by atoms with Gasteiger partial charge in [0.2, 0.25) is 0 Å². The van der Waals surface area contributed by atoms with E-state index in [1.54, 1.807) is 13.2 Å². The van der Waals surface area contributed by atoms with Crippen molar-refractivity contribution < 1.29 is 14.1 Å². The van der Waals surface area contributed by atoms with Crippen molar-refractivity contribution in [2.75, 3.05) is 26.8 Å². The van der Waals surface area contributed by atoms with Crippen LogP contribution in [0.4, 0.5) is 5.88 Å². The van der Waals surface area contributed by atoms with Crippen LogP contribution in [-0.2, 0) is 4.74 Å². The highest BCUT2D eigenvalue weighted by Gasteiger charge is 2.32. The quantitative estimate of drug-likeness (QED) is 0.652. The molecule has 1 aromatic rings. The van der Waals surface area contributed by atoms with Gasteiger partial charge in [0.05, 0.1) is 18.7 Å². The summed E-state index contributed by atoms with van der Waals surface area (Å²) < 4.78 is 10.5. The van der Waals surface area contributed by atoms with Crippen molar-refractivity contribution in [2.24, 2.45) is 5.73 Å². The molecule has 7 nitrogen and oxygen atoms in total. The van der Waals surface area contributed by atoms with Crippen molar-refractivity contribution in [1.29, 1.82) is 0 Å². The molecular weight excluding hydrogens is 262 g/mol. The Morgan fingerprint density at radius 3 is 3.00 bits per heavy atom. The van der Waals surface area contributed by atoms with E-state index in [9.17, 15) is 10.1 Å². The molecule has 1 fully saturated rings. The van der Waals surface area contributed by atoms with Crippen LogP contribution >= 0.6 is 0 Å². The Hall–Kier alpha value is -1.44. The first-order valence-electron chi connectivity index (χ1n) is 6.86. The van der Waals surface area contributed by atoms with E-state index in [0.29, 0.717) is 12.4 Å². The van der Waals surface area contributed by atoms with Crippen LogP contribution in [0.25, 0.3) is 0 Å². The maximum Gasteiger partial charge on any atom is 0.433 e. The van der Waals surface area contributed by atoms with Crippen molar-refractivity contribution in [3.63, 3.8) is 0 Å². The molecule has 7 heteroatoms. The Labute approximate surface area is 117 Å². The zero-order valence-electron chi connectivity index (χ0n) is 11.7. The minimum absolute atomic E-state index is 0.0832. The van der Waals surface area contributed by atoms with E-state index in [0.717, 1.165) is 32.4 Å². The first-order valence-corrected chi connectivity index (χ1v) is 6.86. The van der Waals surface area contributed by atoms with Crippen LogP contribution in [0.5, 0.6) is 0 Å². The molecule has 0 amide bonds. The molecule has 0 spiro atoms. The van der Waals surface area contributed by atoms with Gasteiger partial charge in [0.25, 0.3) is 0 Å². The van der Waals surface area contributed by atoms with Crippen molar-refractivity contribution in [3.8, 4) is 0 Å². The fourth-order valence-corrected chi connectivity index (χ4v) is 2.71. The molecule has 20 heavy (non-hydrogen) atoms. The minimum atomic E-state index is -0.523. The SMILES string of the molecule is COCCN1CCCCC(N)C1c1ccc([N+](=O)[O-])o1. The molecule has 0 radical (unpaired) electrons. The number of nitrogens with zero attached hydrogens (tertiary/aromatic N) is 2. The number of rotatable bonds is 5. The van der Waals surface area contributed by atoms with E-state index < -0.39 is 4.92 Å². The van der Waals surface area contributed by atoms with E-state index in [1.165, 1.54) is 6.07 Å². The second-order valence-electron chi connectivity index (χ2n) is 5.07. The molecular formula is C13H21N3O4. The smallest absolute Gasteiger partial charge is 0.404 e. The number of furan rings is 1. The van der Waals surface area contributed by atoms with Crippen LogP contribution in [0.15, 0.2) is 16.5 Å². The number of nitrogens with two attached hydrogens (primary N) is 1. The van der Waals surface area contributed by atoms with E-state index in [-0.39, 0.29) is 18.0 Å². The number of nitro groups is 1. The van der Waals surface area contributed by atoms with Gasteiger partial charge in [-0.05, 0) is 25.5 Å². The molecule has 2 atom stereocenters. The number of ether oxygens (including phenoxy) is 1. The van der Waals surface area contributed by atoms with E-state index in [2.05, 4.69) is 4.90 Å². The molecule has 1 aliphatic heterocycles. The van der Waals surface area contributed by atoms with Crippen LogP contribution in [0.1, 0.15) is 31.1 Å². The summed E-state index contributed by atoms with van der Waals surface area (Å²) in [6.07, 6.45) is 3.02. The summed E-state index contributed by atoms with van der Waals surface area (Å²) in [6, 6.07) is 2.84. The Bertz CT molecular complexity index is 449. The van der Waals surface area contributed by atoms with E-state index in [1.807, 2.05) is 0 Å². The molecule has 0 aromatic carbocycles. The van der Waals surface area contributed by atoms with Gasteiger partial charge in [-0.3, -0.25) is 15.0 Å². The standard InChI is InChI=1S/C13H21N3O4/c1-19-9-8-15-7-3-2-4-10(14)13(15)11-5-6-12(20-11)16(17)18/h5-6,10,13H,2-4,7-9,14H2,1H3. The third-order valence-electron chi connectivity index (χ3n) is 3.70. The third-order valence-corrected chi connectivity index (χ3v) is 3.70. The molecule has 1 aliphatic rings. The van der Waals surface area contributed by atoms with E-state index in [4.69, 9.17) is 14.9 Å². The summed E-state index contributed by atoms with van der Waals surface area (Å²) in [5.41, 5.74) is 6.25. The van der Waals surface area contributed by atoms with Crippen LogP contribution in [-0.4, -0.2) is 42.7 Å². The van der Waals surface area contributed by atoms with Gasteiger partial charge in [-0.15, -0.1) is 0 Å². The minimum Gasteiger partial charge on any atom is -0.404 e. The Morgan fingerprint density at radius 1 is 1.55 bits per heavy atom. The number of hydrogen-bond donors (Lipinski definition) is 1. The van der Waals surface area contributed by atoms with Crippen LogP contribution < -0.4 is 5.73 Å². The summed E-state index contributed by atoms with van der Waals surface area (Å²) >= 11 is 0. The molecule has 2 rings (SSSR count). The van der Waals surface area contributed by atoms with Crippen LogP contribution in [0.3, 0.4) is 0 Å². The highest BCUT2D eigenvalue weighted by molar-refractivity contribution is 5.21. The predicted molar refractivity (Wildman–Crippen MR) is 73.4 cm³/mol. The first-order chi connectivity index (χ1) is 9.63. The van der Waals surface area contributed by atoms with Crippen molar-refractivity contribution in [1.82, 2.24) is 4.90 Å². The number of methoxy groups -OCH3 is 1. The average Bonchev–Trinajstić information content (AvgIpc) is 2.82. The van der Waals surface area contributed by atoms with Gasteiger partial charge in [-0.25, -0.2) is 0 Å². The first kappa shape index (κ1) is 15.0. The Balaban J connectivity index is 2.22. The lowest BCUT2D eigenvalue weighted by atomic mass is 10.0. The normalized spacial score (nSPS) is 24.5. The molecule has 2 heterocycles. The Kier molecular flexibility index (Phi) is 5.11. The molecule has 0 bridgehead atoms. The summed E-state index contributed by atoms with van der Waals surface area (Å²) in [6.45, 7) is 2.24. The summed E-state index contributed by atoms with van der Waals surface area (Å²) in [4.78, 5) is 12.4. The second kappa shape index (κ2) is 6.83. The molecule has 2 N–H and O–H groups in total. The highest BCUT2D eigenvalue weighted by Crippen LogP contribution is 2.32.